The minimum atomic E-state index is -0.395. The lowest BCUT2D eigenvalue weighted by atomic mass is 10.3. The number of hydrogen-bond donors (Lipinski definition) is 1. The van der Waals surface area contributed by atoms with Gasteiger partial charge in [0.05, 0.1) is 19.3 Å². The molecule has 0 spiro atoms. The predicted molar refractivity (Wildman–Crippen MR) is 65.7 cm³/mol. The summed E-state index contributed by atoms with van der Waals surface area (Å²) in [5.74, 6) is 0. The van der Waals surface area contributed by atoms with E-state index in [0.29, 0.717) is 19.8 Å². The average Bonchev–Trinajstić information content (AvgIpc) is 2.30. The van der Waals surface area contributed by atoms with Crippen LogP contribution in [-0.4, -0.2) is 62.7 Å². The van der Waals surface area contributed by atoms with Gasteiger partial charge in [-0.1, -0.05) is 20.3 Å². The maximum atomic E-state index is 9.74. The van der Waals surface area contributed by atoms with Gasteiger partial charge in [0, 0.05) is 26.8 Å². The fourth-order valence-electron chi connectivity index (χ4n) is 1.42. The molecule has 98 valence electrons. The molecule has 1 unspecified atom stereocenters. The van der Waals surface area contributed by atoms with Gasteiger partial charge in [-0.15, -0.1) is 0 Å². The molecule has 16 heavy (non-hydrogen) atoms. The van der Waals surface area contributed by atoms with Gasteiger partial charge in [-0.25, -0.2) is 0 Å². The number of methoxy groups -OCH3 is 1. The van der Waals surface area contributed by atoms with E-state index in [-0.39, 0.29) is 0 Å². The van der Waals surface area contributed by atoms with Crippen molar-refractivity contribution < 1.29 is 14.6 Å². The number of aliphatic hydroxyl groups is 1. The maximum absolute atomic E-state index is 9.74. The Kier molecular flexibility index (Phi) is 11.2. The van der Waals surface area contributed by atoms with Gasteiger partial charge in [0.25, 0.3) is 0 Å². The third-order valence-corrected chi connectivity index (χ3v) is 2.48. The molecule has 0 aliphatic carbocycles. The van der Waals surface area contributed by atoms with E-state index in [0.717, 1.165) is 32.5 Å². The molecule has 0 aromatic rings. The van der Waals surface area contributed by atoms with Gasteiger partial charge in [0.2, 0.25) is 0 Å². The quantitative estimate of drug-likeness (QED) is 0.543. The molecule has 4 nitrogen and oxygen atoms in total. The van der Waals surface area contributed by atoms with Gasteiger partial charge < -0.3 is 14.6 Å². The number of aliphatic hydroxyl groups excluding tert-OH is 1. The van der Waals surface area contributed by atoms with Gasteiger partial charge in [-0.05, 0) is 13.0 Å². The molecule has 0 bridgehead atoms. The molecule has 0 aliphatic heterocycles. The van der Waals surface area contributed by atoms with Crippen LogP contribution in [-0.2, 0) is 9.47 Å². The number of unbranched alkanes of at least 4 members (excludes halogenated alkanes) is 1. The van der Waals surface area contributed by atoms with Crippen LogP contribution < -0.4 is 0 Å². The van der Waals surface area contributed by atoms with Crippen LogP contribution in [0.3, 0.4) is 0 Å². The Balaban J connectivity index is 3.53. The standard InChI is InChI=1S/C12H27NO3/c1-4-6-8-16-11-12(14)10-13(5-2)7-9-15-3/h12,14H,4-11H2,1-3H3. The van der Waals surface area contributed by atoms with E-state index in [9.17, 15) is 5.11 Å². The average molecular weight is 233 g/mol. The summed E-state index contributed by atoms with van der Waals surface area (Å²) < 4.78 is 10.4. The number of nitrogens with zero attached hydrogens (tertiary/aromatic N) is 1. The van der Waals surface area contributed by atoms with Gasteiger partial charge in [0.15, 0.2) is 0 Å². The highest BCUT2D eigenvalue weighted by molar-refractivity contribution is 4.62. The Morgan fingerprint density at radius 3 is 2.56 bits per heavy atom. The number of hydrogen-bond acceptors (Lipinski definition) is 4. The van der Waals surface area contributed by atoms with Crippen LogP contribution in [0.2, 0.25) is 0 Å². The van der Waals surface area contributed by atoms with Gasteiger partial charge in [0.1, 0.15) is 0 Å². The summed E-state index contributed by atoms with van der Waals surface area (Å²) in [6.07, 6.45) is 1.80. The number of rotatable bonds is 11. The van der Waals surface area contributed by atoms with Gasteiger partial charge >= 0.3 is 0 Å². The summed E-state index contributed by atoms with van der Waals surface area (Å²) >= 11 is 0. The minimum Gasteiger partial charge on any atom is -0.389 e. The SMILES string of the molecule is CCCCOCC(O)CN(CC)CCOC. The summed E-state index contributed by atoms with van der Waals surface area (Å²) in [5, 5.41) is 9.74. The monoisotopic (exact) mass is 233 g/mol. The van der Waals surface area contributed by atoms with E-state index in [1.165, 1.54) is 0 Å². The first-order chi connectivity index (χ1) is 7.74. The predicted octanol–water partition coefficient (Wildman–Crippen LogP) is 1.13. The third kappa shape index (κ3) is 9.09. The van der Waals surface area contributed by atoms with Crippen LogP contribution in [0.15, 0.2) is 0 Å². The molecular formula is C12H27NO3. The zero-order valence-electron chi connectivity index (χ0n) is 10.9. The molecule has 0 radical (unpaired) electrons. The maximum Gasteiger partial charge on any atom is 0.0900 e. The Morgan fingerprint density at radius 1 is 1.25 bits per heavy atom. The molecule has 0 rings (SSSR count). The topological polar surface area (TPSA) is 41.9 Å². The normalized spacial score (nSPS) is 13.3. The summed E-state index contributed by atoms with van der Waals surface area (Å²) in [5.41, 5.74) is 0. The number of ether oxygens (including phenoxy) is 2. The van der Waals surface area contributed by atoms with Crippen LogP contribution in [0, 0.1) is 0 Å². The molecule has 0 heterocycles. The molecule has 0 aromatic heterocycles. The number of likely N-dealkylation sites (N-methyl/N-ethyl adjacent to an activating group) is 1. The molecule has 1 atom stereocenters. The van der Waals surface area contributed by atoms with Crippen molar-refractivity contribution in [2.45, 2.75) is 32.8 Å². The molecule has 0 aromatic carbocycles. The first-order valence-electron chi connectivity index (χ1n) is 6.21. The first kappa shape index (κ1) is 15.8. The van der Waals surface area contributed by atoms with Crippen molar-refractivity contribution >= 4 is 0 Å². The molecular weight excluding hydrogens is 206 g/mol. The van der Waals surface area contributed by atoms with E-state index in [1.54, 1.807) is 7.11 Å². The van der Waals surface area contributed by atoms with Crippen molar-refractivity contribution in [3.63, 3.8) is 0 Å². The van der Waals surface area contributed by atoms with Crippen LogP contribution in [0.5, 0.6) is 0 Å². The van der Waals surface area contributed by atoms with Gasteiger partial charge in [-0.3, -0.25) is 4.90 Å². The summed E-state index contributed by atoms with van der Waals surface area (Å²) in [6, 6.07) is 0. The third-order valence-electron chi connectivity index (χ3n) is 2.48. The van der Waals surface area contributed by atoms with E-state index in [2.05, 4.69) is 18.7 Å². The van der Waals surface area contributed by atoms with Crippen LogP contribution in [0.4, 0.5) is 0 Å². The van der Waals surface area contributed by atoms with Crippen molar-refractivity contribution in [2.24, 2.45) is 0 Å². The van der Waals surface area contributed by atoms with Gasteiger partial charge in [-0.2, -0.15) is 0 Å². The molecule has 1 N–H and O–H groups in total. The first-order valence-corrected chi connectivity index (χ1v) is 6.21. The second-order valence-electron chi connectivity index (χ2n) is 3.97. The largest absolute Gasteiger partial charge is 0.389 e. The fourth-order valence-corrected chi connectivity index (χ4v) is 1.42. The fraction of sp³-hybridized carbons (Fsp3) is 1.00. The minimum absolute atomic E-state index is 0.395. The second kappa shape index (κ2) is 11.3. The Morgan fingerprint density at radius 2 is 2.00 bits per heavy atom. The zero-order valence-corrected chi connectivity index (χ0v) is 10.9. The highest BCUT2D eigenvalue weighted by Gasteiger charge is 2.09. The summed E-state index contributed by atoms with van der Waals surface area (Å²) in [6.45, 7) is 8.54. The zero-order chi connectivity index (χ0) is 12.2. The molecule has 0 fully saturated rings. The smallest absolute Gasteiger partial charge is 0.0900 e. The lowest BCUT2D eigenvalue weighted by molar-refractivity contribution is 0.0128. The van der Waals surface area contributed by atoms with E-state index >= 15 is 0 Å². The summed E-state index contributed by atoms with van der Waals surface area (Å²) in [4.78, 5) is 2.16. The van der Waals surface area contributed by atoms with E-state index < -0.39 is 6.10 Å². The van der Waals surface area contributed by atoms with Crippen molar-refractivity contribution in [3.05, 3.63) is 0 Å². The van der Waals surface area contributed by atoms with Crippen molar-refractivity contribution in [3.8, 4) is 0 Å². The second-order valence-corrected chi connectivity index (χ2v) is 3.97. The van der Waals surface area contributed by atoms with Crippen LogP contribution >= 0.6 is 0 Å². The Hall–Kier alpha value is -0.160. The highest BCUT2D eigenvalue weighted by Crippen LogP contribution is 1.95. The molecule has 0 aliphatic rings. The molecule has 0 saturated heterocycles. The Labute approximate surface area is 99.5 Å². The van der Waals surface area contributed by atoms with E-state index in [1.807, 2.05) is 0 Å². The molecule has 0 saturated carbocycles. The Bertz CT molecular complexity index is 144. The summed E-state index contributed by atoms with van der Waals surface area (Å²) in [7, 11) is 1.69. The van der Waals surface area contributed by atoms with Crippen molar-refractivity contribution in [2.75, 3.05) is 46.6 Å². The lowest BCUT2D eigenvalue weighted by Crippen LogP contribution is -2.36. The van der Waals surface area contributed by atoms with Crippen molar-refractivity contribution in [1.29, 1.82) is 0 Å². The lowest BCUT2D eigenvalue weighted by Gasteiger charge is -2.23. The van der Waals surface area contributed by atoms with E-state index in [4.69, 9.17) is 9.47 Å². The molecule has 4 heteroatoms. The highest BCUT2D eigenvalue weighted by atomic mass is 16.5. The molecule has 0 amide bonds. The van der Waals surface area contributed by atoms with Crippen LogP contribution in [0.1, 0.15) is 26.7 Å². The van der Waals surface area contributed by atoms with Crippen LogP contribution in [0.25, 0.3) is 0 Å². The van der Waals surface area contributed by atoms with Crippen molar-refractivity contribution in [1.82, 2.24) is 4.90 Å².